The van der Waals surface area contributed by atoms with E-state index in [1.165, 1.54) is 24.0 Å². The summed E-state index contributed by atoms with van der Waals surface area (Å²) in [5.41, 5.74) is 2.97. The Morgan fingerprint density at radius 2 is 2.12 bits per heavy atom. The van der Waals surface area contributed by atoms with Gasteiger partial charge in [-0.05, 0) is 45.6 Å². The number of benzene rings is 1. The standard InChI is InChI=1S/C23H34O3/c1-6-13-23(5)21(26-23)12-9-17(2)8-7-14-24-18-10-11-19-20(15-18)25-16-22(19,3)4/h8,10-11,15,21H,6-7,9,12-14,16H2,1-5H3/b17-8+. The van der Waals surface area contributed by atoms with E-state index in [2.05, 4.69) is 52.8 Å². The predicted octanol–water partition coefficient (Wildman–Crippen LogP) is 5.81. The lowest BCUT2D eigenvalue weighted by Gasteiger charge is -2.15. The molecule has 0 amide bonds. The predicted molar refractivity (Wildman–Crippen MR) is 106 cm³/mol. The van der Waals surface area contributed by atoms with E-state index in [1.54, 1.807) is 0 Å². The largest absolute Gasteiger partial charge is 0.493 e. The summed E-state index contributed by atoms with van der Waals surface area (Å²) in [4.78, 5) is 0. The maximum atomic E-state index is 5.90. The molecule has 1 saturated heterocycles. The zero-order valence-electron chi connectivity index (χ0n) is 17.1. The minimum atomic E-state index is 0.103. The third-order valence-electron chi connectivity index (χ3n) is 5.73. The summed E-state index contributed by atoms with van der Waals surface area (Å²) in [6, 6.07) is 6.23. The van der Waals surface area contributed by atoms with Crippen LogP contribution in [0.3, 0.4) is 0 Å². The molecule has 0 aromatic heterocycles. The molecular formula is C23H34O3. The van der Waals surface area contributed by atoms with Crippen molar-refractivity contribution in [3.63, 3.8) is 0 Å². The summed E-state index contributed by atoms with van der Waals surface area (Å²) < 4.78 is 17.6. The molecule has 2 aliphatic heterocycles. The van der Waals surface area contributed by atoms with Gasteiger partial charge >= 0.3 is 0 Å². The average Bonchev–Trinajstić information content (AvgIpc) is 3.14. The van der Waals surface area contributed by atoms with Crippen LogP contribution >= 0.6 is 0 Å². The Labute approximate surface area is 158 Å². The van der Waals surface area contributed by atoms with E-state index < -0.39 is 0 Å². The van der Waals surface area contributed by atoms with Crippen LogP contribution in [0.15, 0.2) is 29.8 Å². The van der Waals surface area contributed by atoms with Crippen LogP contribution in [0, 0.1) is 0 Å². The zero-order valence-corrected chi connectivity index (χ0v) is 17.1. The Bertz CT molecular complexity index is 661. The number of allylic oxidation sites excluding steroid dienone is 1. The quantitative estimate of drug-likeness (QED) is 0.317. The molecule has 2 aliphatic rings. The monoisotopic (exact) mass is 358 g/mol. The first kappa shape index (κ1) is 19.3. The average molecular weight is 359 g/mol. The van der Waals surface area contributed by atoms with Crippen LogP contribution in [0.5, 0.6) is 11.5 Å². The molecule has 3 heteroatoms. The molecule has 1 aromatic rings. The number of hydrogen-bond acceptors (Lipinski definition) is 3. The number of ether oxygens (including phenoxy) is 3. The number of fused-ring (bicyclic) bond motifs is 1. The van der Waals surface area contributed by atoms with Crippen LogP contribution in [0.4, 0.5) is 0 Å². The molecule has 0 spiro atoms. The van der Waals surface area contributed by atoms with Gasteiger partial charge in [0, 0.05) is 17.0 Å². The van der Waals surface area contributed by atoms with E-state index >= 15 is 0 Å². The van der Waals surface area contributed by atoms with Crippen molar-refractivity contribution in [2.75, 3.05) is 13.2 Å². The van der Waals surface area contributed by atoms with Crippen molar-refractivity contribution in [2.24, 2.45) is 0 Å². The molecule has 0 radical (unpaired) electrons. The van der Waals surface area contributed by atoms with Crippen LogP contribution in [0.2, 0.25) is 0 Å². The Morgan fingerprint density at radius 1 is 1.31 bits per heavy atom. The van der Waals surface area contributed by atoms with E-state index in [0.29, 0.717) is 12.7 Å². The molecule has 1 aromatic carbocycles. The smallest absolute Gasteiger partial charge is 0.126 e. The molecule has 0 bridgehead atoms. The van der Waals surface area contributed by atoms with Gasteiger partial charge in [0.15, 0.2) is 0 Å². The van der Waals surface area contributed by atoms with Crippen LogP contribution < -0.4 is 9.47 Å². The minimum Gasteiger partial charge on any atom is -0.493 e. The fourth-order valence-electron chi connectivity index (χ4n) is 3.92. The van der Waals surface area contributed by atoms with Crippen molar-refractivity contribution in [2.45, 2.75) is 83.8 Å². The van der Waals surface area contributed by atoms with Gasteiger partial charge in [0.2, 0.25) is 0 Å². The number of rotatable bonds is 9. The van der Waals surface area contributed by atoms with Crippen LogP contribution in [-0.4, -0.2) is 24.9 Å². The van der Waals surface area contributed by atoms with Crippen molar-refractivity contribution < 1.29 is 14.2 Å². The Kier molecular flexibility index (Phi) is 5.67. The lowest BCUT2D eigenvalue weighted by molar-refractivity contribution is 0.288. The van der Waals surface area contributed by atoms with Crippen molar-refractivity contribution in [1.29, 1.82) is 0 Å². The van der Waals surface area contributed by atoms with Crippen LogP contribution in [0.25, 0.3) is 0 Å². The molecule has 2 unspecified atom stereocenters. The first-order valence-electron chi connectivity index (χ1n) is 10.1. The van der Waals surface area contributed by atoms with Crippen LogP contribution in [-0.2, 0) is 10.2 Å². The van der Waals surface area contributed by atoms with Crippen molar-refractivity contribution in [3.05, 3.63) is 35.4 Å². The number of hydrogen-bond donors (Lipinski definition) is 0. The maximum Gasteiger partial charge on any atom is 0.126 e. The second kappa shape index (κ2) is 7.64. The van der Waals surface area contributed by atoms with Gasteiger partial charge in [-0.25, -0.2) is 0 Å². The molecule has 3 nitrogen and oxygen atoms in total. The Morgan fingerprint density at radius 3 is 2.88 bits per heavy atom. The molecular weight excluding hydrogens is 324 g/mol. The normalized spacial score (nSPS) is 26.3. The lowest BCUT2D eigenvalue weighted by atomic mass is 9.87. The fourth-order valence-corrected chi connectivity index (χ4v) is 3.92. The Hall–Kier alpha value is -1.48. The summed E-state index contributed by atoms with van der Waals surface area (Å²) in [6.45, 7) is 12.6. The first-order chi connectivity index (χ1) is 12.3. The molecule has 26 heavy (non-hydrogen) atoms. The lowest BCUT2D eigenvalue weighted by Crippen LogP contribution is -2.18. The molecule has 2 heterocycles. The molecule has 3 rings (SSSR count). The molecule has 2 atom stereocenters. The SMILES string of the molecule is CCCC1(C)OC1CC/C(C)=C/CCOc1ccc2c(c1)OCC2(C)C. The van der Waals surface area contributed by atoms with Gasteiger partial charge in [-0.1, -0.05) is 44.9 Å². The fraction of sp³-hybridized carbons (Fsp3) is 0.652. The van der Waals surface area contributed by atoms with Crippen molar-refractivity contribution in [1.82, 2.24) is 0 Å². The maximum absolute atomic E-state index is 5.90. The molecule has 1 fully saturated rings. The highest BCUT2D eigenvalue weighted by molar-refractivity contribution is 5.47. The first-order valence-corrected chi connectivity index (χ1v) is 10.1. The summed E-state index contributed by atoms with van der Waals surface area (Å²) in [6.07, 6.45) is 8.32. The van der Waals surface area contributed by atoms with E-state index in [4.69, 9.17) is 14.2 Å². The Balaban J connectivity index is 1.38. The summed E-state index contributed by atoms with van der Waals surface area (Å²) in [5, 5.41) is 0. The summed E-state index contributed by atoms with van der Waals surface area (Å²) in [5.74, 6) is 1.87. The van der Waals surface area contributed by atoms with Crippen molar-refractivity contribution in [3.8, 4) is 11.5 Å². The van der Waals surface area contributed by atoms with Gasteiger partial charge in [0.05, 0.1) is 24.9 Å². The van der Waals surface area contributed by atoms with E-state index in [-0.39, 0.29) is 11.0 Å². The summed E-state index contributed by atoms with van der Waals surface area (Å²) in [7, 11) is 0. The van der Waals surface area contributed by atoms with Crippen LogP contribution in [0.1, 0.15) is 72.3 Å². The molecule has 0 saturated carbocycles. The highest BCUT2D eigenvalue weighted by Gasteiger charge is 2.50. The summed E-state index contributed by atoms with van der Waals surface area (Å²) >= 11 is 0. The third-order valence-corrected chi connectivity index (χ3v) is 5.73. The molecule has 0 N–H and O–H groups in total. The minimum absolute atomic E-state index is 0.103. The second-order valence-corrected chi connectivity index (χ2v) is 8.73. The molecule has 144 valence electrons. The van der Waals surface area contributed by atoms with Gasteiger partial charge in [0.25, 0.3) is 0 Å². The highest BCUT2D eigenvalue weighted by atomic mass is 16.6. The highest BCUT2D eigenvalue weighted by Crippen LogP contribution is 2.43. The van der Waals surface area contributed by atoms with E-state index in [0.717, 1.165) is 37.4 Å². The van der Waals surface area contributed by atoms with Crippen molar-refractivity contribution >= 4 is 0 Å². The number of epoxide rings is 1. The van der Waals surface area contributed by atoms with E-state index in [9.17, 15) is 0 Å². The third kappa shape index (κ3) is 4.43. The van der Waals surface area contributed by atoms with Gasteiger partial charge in [0.1, 0.15) is 11.5 Å². The zero-order chi connectivity index (χ0) is 18.8. The van der Waals surface area contributed by atoms with E-state index in [1.807, 2.05) is 6.07 Å². The van der Waals surface area contributed by atoms with Gasteiger partial charge in [-0.3, -0.25) is 0 Å². The van der Waals surface area contributed by atoms with Gasteiger partial charge < -0.3 is 14.2 Å². The molecule has 0 aliphatic carbocycles. The van der Waals surface area contributed by atoms with Gasteiger partial charge in [-0.2, -0.15) is 0 Å². The second-order valence-electron chi connectivity index (χ2n) is 8.73. The van der Waals surface area contributed by atoms with Gasteiger partial charge in [-0.15, -0.1) is 0 Å². The topological polar surface area (TPSA) is 31.0 Å².